The molecular weight excluding hydrogens is 222 g/mol. The van der Waals surface area contributed by atoms with Crippen LogP contribution in [-0.2, 0) is 19.0 Å². The van der Waals surface area contributed by atoms with Crippen LogP contribution in [0.5, 0.6) is 0 Å². The van der Waals surface area contributed by atoms with Gasteiger partial charge in [-0.05, 0) is 12.8 Å². The van der Waals surface area contributed by atoms with E-state index in [9.17, 15) is 0 Å². The predicted molar refractivity (Wildman–Crippen MR) is 75.6 cm³/mol. The summed E-state index contributed by atoms with van der Waals surface area (Å²) in [7, 11) is 2.01. The zero-order valence-corrected chi connectivity index (χ0v) is 12.3. The number of aryl methyl sites for hydroxylation is 1. The molecule has 1 aromatic heterocycles. The van der Waals surface area contributed by atoms with E-state index in [0.29, 0.717) is 6.04 Å². The molecule has 0 aromatic carbocycles. The van der Waals surface area contributed by atoms with Gasteiger partial charge in [0.2, 0.25) is 0 Å². The number of hydrogen-bond acceptors (Lipinski definition) is 2. The van der Waals surface area contributed by atoms with E-state index in [1.165, 1.54) is 43.4 Å². The van der Waals surface area contributed by atoms with E-state index in [1.54, 1.807) is 0 Å². The van der Waals surface area contributed by atoms with E-state index in [0.717, 1.165) is 6.54 Å². The molecule has 1 aliphatic carbocycles. The lowest BCUT2D eigenvalue weighted by Crippen LogP contribution is -2.31. The SMILES string of the molecule is Cn1cc(CNC2CCCCC2)c(C(C)(C)C)n1. The minimum Gasteiger partial charge on any atom is -0.310 e. The van der Waals surface area contributed by atoms with Crippen molar-refractivity contribution < 1.29 is 0 Å². The van der Waals surface area contributed by atoms with Crippen LogP contribution in [0.3, 0.4) is 0 Å². The molecule has 0 spiro atoms. The summed E-state index contributed by atoms with van der Waals surface area (Å²) in [4.78, 5) is 0. The van der Waals surface area contributed by atoms with Gasteiger partial charge in [0, 0.05) is 36.8 Å². The minimum atomic E-state index is 0.130. The number of rotatable bonds is 3. The van der Waals surface area contributed by atoms with Gasteiger partial charge in [0.15, 0.2) is 0 Å². The Morgan fingerprint density at radius 1 is 1.28 bits per heavy atom. The van der Waals surface area contributed by atoms with E-state index < -0.39 is 0 Å². The van der Waals surface area contributed by atoms with Crippen molar-refractivity contribution in [3.05, 3.63) is 17.5 Å². The lowest BCUT2D eigenvalue weighted by atomic mass is 9.89. The Kier molecular flexibility index (Phi) is 4.10. The molecule has 1 N–H and O–H groups in total. The first-order chi connectivity index (χ1) is 8.47. The van der Waals surface area contributed by atoms with E-state index in [2.05, 4.69) is 37.4 Å². The van der Waals surface area contributed by atoms with Gasteiger partial charge < -0.3 is 5.32 Å². The molecule has 1 heterocycles. The fourth-order valence-electron chi connectivity index (χ4n) is 2.86. The van der Waals surface area contributed by atoms with Crippen molar-refractivity contribution in [2.45, 2.75) is 70.9 Å². The highest BCUT2D eigenvalue weighted by Crippen LogP contribution is 2.24. The zero-order chi connectivity index (χ0) is 13.2. The van der Waals surface area contributed by atoms with Crippen molar-refractivity contribution in [3.8, 4) is 0 Å². The third-order valence-electron chi connectivity index (χ3n) is 3.80. The minimum absolute atomic E-state index is 0.130. The third-order valence-corrected chi connectivity index (χ3v) is 3.80. The topological polar surface area (TPSA) is 29.9 Å². The van der Waals surface area contributed by atoms with Crippen molar-refractivity contribution >= 4 is 0 Å². The first kappa shape index (κ1) is 13.6. The Hall–Kier alpha value is -0.830. The van der Waals surface area contributed by atoms with Crippen LogP contribution in [0.15, 0.2) is 6.20 Å². The van der Waals surface area contributed by atoms with Crippen LogP contribution in [-0.4, -0.2) is 15.8 Å². The molecular formula is C15H27N3. The fourth-order valence-corrected chi connectivity index (χ4v) is 2.86. The van der Waals surface area contributed by atoms with Gasteiger partial charge in [0.05, 0.1) is 5.69 Å². The molecule has 0 aliphatic heterocycles. The molecule has 0 radical (unpaired) electrons. The number of hydrogen-bond donors (Lipinski definition) is 1. The lowest BCUT2D eigenvalue weighted by Gasteiger charge is -2.24. The van der Waals surface area contributed by atoms with Crippen molar-refractivity contribution in [1.29, 1.82) is 0 Å². The van der Waals surface area contributed by atoms with Crippen molar-refractivity contribution in [3.63, 3.8) is 0 Å². The Morgan fingerprint density at radius 2 is 1.94 bits per heavy atom. The normalized spacial score (nSPS) is 18.2. The van der Waals surface area contributed by atoms with Crippen LogP contribution in [0.25, 0.3) is 0 Å². The highest BCUT2D eigenvalue weighted by atomic mass is 15.3. The molecule has 102 valence electrons. The summed E-state index contributed by atoms with van der Waals surface area (Å²) >= 11 is 0. The quantitative estimate of drug-likeness (QED) is 0.892. The fraction of sp³-hybridized carbons (Fsp3) is 0.800. The first-order valence-corrected chi connectivity index (χ1v) is 7.23. The maximum absolute atomic E-state index is 4.62. The van der Waals surface area contributed by atoms with Crippen molar-refractivity contribution in [1.82, 2.24) is 15.1 Å². The Morgan fingerprint density at radius 3 is 2.56 bits per heavy atom. The van der Waals surface area contributed by atoms with E-state index in [1.807, 2.05) is 11.7 Å². The van der Waals surface area contributed by atoms with Gasteiger partial charge >= 0.3 is 0 Å². The zero-order valence-electron chi connectivity index (χ0n) is 12.3. The third kappa shape index (κ3) is 3.35. The largest absolute Gasteiger partial charge is 0.310 e. The van der Waals surface area contributed by atoms with Crippen LogP contribution >= 0.6 is 0 Å². The van der Waals surface area contributed by atoms with E-state index in [4.69, 9.17) is 0 Å². The van der Waals surface area contributed by atoms with Crippen LogP contribution in [0.2, 0.25) is 0 Å². The molecule has 1 aromatic rings. The standard InChI is InChI=1S/C15H27N3/c1-15(2,3)14-12(11-18(4)17-14)10-16-13-8-6-5-7-9-13/h11,13,16H,5-10H2,1-4H3. The van der Waals surface area contributed by atoms with Crippen molar-refractivity contribution in [2.24, 2.45) is 7.05 Å². The highest BCUT2D eigenvalue weighted by Gasteiger charge is 2.22. The monoisotopic (exact) mass is 249 g/mol. The number of aromatic nitrogens is 2. The Labute approximate surface area is 111 Å². The average molecular weight is 249 g/mol. The molecule has 1 aliphatic rings. The molecule has 0 amide bonds. The molecule has 1 fully saturated rings. The summed E-state index contributed by atoms with van der Waals surface area (Å²) in [6.07, 6.45) is 9.03. The molecule has 1 saturated carbocycles. The molecule has 0 unspecified atom stereocenters. The van der Waals surface area contributed by atoms with E-state index >= 15 is 0 Å². The molecule has 0 atom stereocenters. The van der Waals surface area contributed by atoms with E-state index in [-0.39, 0.29) is 5.41 Å². The molecule has 3 heteroatoms. The number of nitrogens with one attached hydrogen (secondary N) is 1. The van der Waals surface area contributed by atoms with Crippen molar-refractivity contribution in [2.75, 3.05) is 0 Å². The molecule has 3 nitrogen and oxygen atoms in total. The summed E-state index contributed by atoms with van der Waals surface area (Å²) in [5, 5.41) is 8.33. The summed E-state index contributed by atoms with van der Waals surface area (Å²) < 4.78 is 1.94. The highest BCUT2D eigenvalue weighted by molar-refractivity contribution is 5.23. The van der Waals surface area contributed by atoms with Crippen LogP contribution in [0.4, 0.5) is 0 Å². The van der Waals surface area contributed by atoms with Gasteiger partial charge in [-0.25, -0.2) is 0 Å². The molecule has 18 heavy (non-hydrogen) atoms. The van der Waals surface area contributed by atoms with Crippen LogP contribution in [0.1, 0.15) is 64.1 Å². The second kappa shape index (κ2) is 5.43. The van der Waals surface area contributed by atoms with Gasteiger partial charge in [-0.15, -0.1) is 0 Å². The second-order valence-corrected chi connectivity index (χ2v) is 6.64. The lowest BCUT2D eigenvalue weighted by molar-refractivity contribution is 0.371. The molecule has 2 rings (SSSR count). The van der Waals surface area contributed by atoms with Crippen LogP contribution < -0.4 is 5.32 Å². The van der Waals surface area contributed by atoms with Gasteiger partial charge in [-0.3, -0.25) is 4.68 Å². The maximum Gasteiger partial charge on any atom is 0.0722 e. The van der Waals surface area contributed by atoms with Crippen LogP contribution in [0, 0.1) is 0 Å². The first-order valence-electron chi connectivity index (χ1n) is 7.23. The predicted octanol–water partition coefficient (Wildman–Crippen LogP) is 3.14. The summed E-state index contributed by atoms with van der Waals surface area (Å²) in [5.74, 6) is 0. The average Bonchev–Trinajstić information content (AvgIpc) is 2.69. The molecule has 0 bridgehead atoms. The summed E-state index contributed by atoms with van der Waals surface area (Å²) in [5.41, 5.74) is 2.72. The second-order valence-electron chi connectivity index (χ2n) is 6.64. The summed E-state index contributed by atoms with van der Waals surface area (Å²) in [6, 6.07) is 0.715. The maximum atomic E-state index is 4.62. The van der Waals surface area contributed by atoms with Gasteiger partial charge in [0.25, 0.3) is 0 Å². The number of nitrogens with zero attached hydrogens (tertiary/aromatic N) is 2. The smallest absolute Gasteiger partial charge is 0.0722 e. The molecule has 0 saturated heterocycles. The Balaban J connectivity index is 2.00. The van der Waals surface area contributed by atoms with Gasteiger partial charge in [0.1, 0.15) is 0 Å². The van der Waals surface area contributed by atoms with Gasteiger partial charge in [-0.1, -0.05) is 40.0 Å². The summed E-state index contributed by atoms with van der Waals surface area (Å²) in [6.45, 7) is 7.67. The Bertz CT molecular complexity index is 381. The van der Waals surface area contributed by atoms with Gasteiger partial charge in [-0.2, -0.15) is 5.10 Å².